The van der Waals surface area contributed by atoms with Crippen molar-refractivity contribution in [1.29, 1.82) is 0 Å². The highest BCUT2D eigenvalue weighted by atomic mass is 35.5. The molecule has 17 heavy (non-hydrogen) atoms. The number of rotatable bonds is 7. The lowest BCUT2D eigenvalue weighted by atomic mass is 10.2. The van der Waals surface area contributed by atoms with E-state index in [-0.39, 0.29) is 0 Å². The average molecular weight is 273 g/mol. The van der Waals surface area contributed by atoms with Crippen LogP contribution in [0.3, 0.4) is 0 Å². The van der Waals surface area contributed by atoms with E-state index in [0.717, 1.165) is 18.9 Å². The fourth-order valence-corrected chi connectivity index (χ4v) is 4.97. The first-order valence-electron chi connectivity index (χ1n) is 5.98. The van der Waals surface area contributed by atoms with Gasteiger partial charge in [0.25, 0.3) is 0 Å². The molecule has 1 rings (SSSR count). The van der Waals surface area contributed by atoms with Crippen LogP contribution in [0.15, 0.2) is 24.3 Å². The maximum atomic E-state index is 5.77. The Bertz CT molecular complexity index is 323. The lowest BCUT2D eigenvalue weighted by Crippen LogP contribution is -2.52. The molecule has 0 unspecified atom stereocenters. The summed E-state index contributed by atoms with van der Waals surface area (Å²) in [6.45, 7) is 2.15. The average Bonchev–Trinajstić information content (AvgIpc) is 2.41. The molecule has 0 bridgehead atoms. The number of benzene rings is 1. The molecule has 0 aromatic heterocycles. The molecule has 4 heteroatoms. The topological polar surface area (TPSA) is 18.5 Å². The van der Waals surface area contributed by atoms with E-state index in [1.807, 2.05) is 0 Å². The van der Waals surface area contributed by atoms with Gasteiger partial charge in [-0.1, -0.05) is 31.2 Å². The molecule has 0 saturated carbocycles. The van der Waals surface area contributed by atoms with Crippen LogP contribution in [-0.2, 0) is 15.3 Å². The fourth-order valence-electron chi connectivity index (χ4n) is 1.96. The zero-order valence-corrected chi connectivity index (χ0v) is 12.6. The van der Waals surface area contributed by atoms with Gasteiger partial charge in [-0.25, -0.2) is 0 Å². The van der Waals surface area contributed by atoms with Crippen LogP contribution in [0.25, 0.3) is 0 Å². The summed E-state index contributed by atoms with van der Waals surface area (Å²) < 4.78 is 11.4. The number of hydrogen-bond acceptors (Lipinski definition) is 2. The molecule has 0 fully saturated rings. The van der Waals surface area contributed by atoms with Crippen molar-refractivity contribution in [3.8, 4) is 0 Å². The van der Waals surface area contributed by atoms with Crippen LogP contribution in [0.5, 0.6) is 0 Å². The van der Waals surface area contributed by atoms with Crippen molar-refractivity contribution < 1.29 is 8.85 Å². The van der Waals surface area contributed by atoms with E-state index in [2.05, 4.69) is 31.2 Å². The standard InChI is InChI=1S/C13H21ClO2Si/c1-4-12-6-8-13(9-7-12)17(15-2,16-3)11-5-10-14/h6-9H,4-5,10-11H2,1-3H3. The summed E-state index contributed by atoms with van der Waals surface area (Å²) in [5.41, 5.74) is 1.33. The lowest BCUT2D eigenvalue weighted by Gasteiger charge is -2.27. The van der Waals surface area contributed by atoms with Crippen LogP contribution in [0.2, 0.25) is 6.04 Å². The zero-order valence-electron chi connectivity index (χ0n) is 10.8. The lowest BCUT2D eigenvalue weighted by molar-refractivity contribution is 0.257. The van der Waals surface area contributed by atoms with Crippen LogP contribution in [-0.4, -0.2) is 28.7 Å². The number of hydrogen-bond donors (Lipinski definition) is 0. The van der Waals surface area contributed by atoms with Gasteiger partial charge >= 0.3 is 8.56 Å². The van der Waals surface area contributed by atoms with Crippen molar-refractivity contribution in [2.75, 3.05) is 20.1 Å². The van der Waals surface area contributed by atoms with Gasteiger partial charge in [0.05, 0.1) is 0 Å². The molecule has 0 saturated heterocycles. The molecular weight excluding hydrogens is 252 g/mol. The highest BCUT2D eigenvalue weighted by Gasteiger charge is 2.37. The second-order valence-corrected chi connectivity index (χ2v) is 7.78. The molecule has 0 amide bonds. The minimum Gasteiger partial charge on any atom is -0.394 e. The molecule has 0 spiro atoms. The van der Waals surface area contributed by atoms with Gasteiger partial charge in [0.15, 0.2) is 0 Å². The summed E-state index contributed by atoms with van der Waals surface area (Å²) in [7, 11) is 1.21. The van der Waals surface area contributed by atoms with Gasteiger partial charge in [-0.2, -0.15) is 0 Å². The van der Waals surface area contributed by atoms with Gasteiger partial charge in [-0.3, -0.25) is 0 Å². The van der Waals surface area contributed by atoms with E-state index in [1.54, 1.807) is 14.2 Å². The van der Waals surface area contributed by atoms with E-state index in [4.69, 9.17) is 20.5 Å². The van der Waals surface area contributed by atoms with Crippen LogP contribution in [0, 0.1) is 0 Å². The molecule has 1 aromatic rings. The second kappa shape index (κ2) is 7.16. The monoisotopic (exact) mass is 272 g/mol. The summed E-state index contributed by atoms with van der Waals surface area (Å²) in [4.78, 5) is 0. The minimum atomic E-state index is -2.26. The summed E-state index contributed by atoms with van der Waals surface area (Å²) in [6.07, 6.45) is 1.97. The highest BCUT2D eigenvalue weighted by molar-refractivity contribution is 6.81. The normalized spacial score (nSPS) is 11.8. The maximum absolute atomic E-state index is 5.77. The molecule has 1 aromatic carbocycles. The SMILES string of the molecule is CCc1ccc([Si](CCCCl)(OC)OC)cc1. The van der Waals surface area contributed by atoms with Crippen LogP contribution >= 0.6 is 11.6 Å². The Labute approximate surface area is 110 Å². The van der Waals surface area contributed by atoms with Crippen molar-refractivity contribution in [2.45, 2.75) is 25.8 Å². The van der Waals surface area contributed by atoms with E-state index in [1.165, 1.54) is 10.8 Å². The highest BCUT2D eigenvalue weighted by Crippen LogP contribution is 2.16. The molecule has 0 atom stereocenters. The summed E-state index contributed by atoms with van der Waals surface area (Å²) in [5, 5.41) is 1.19. The van der Waals surface area contributed by atoms with E-state index in [9.17, 15) is 0 Å². The van der Waals surface area contributed by atoms with Crippen LogP contribution in [0.1, 0.15) is 18.9 Å². The van der Waals surface area contributed by atoms with Crippen LogP contribution in [0.4, 0.5) is 0 Å². The van der Waals surface area contributed by atoms with Gasteiger partial charge in [-0.15, -0.1) is 11.6 Å². The van der Waals surface area contributed by atoms with Gasteiger partial charge in [0, 0.05) is 20.1 Å². The Morgan fingerprint density at radius 2 is 1.71 bits per heavy atom. The van der Waals surface area contributed by atoms with E-state index >= 15 is 0 Å². The van der Waals surface area contributed by atoms with Crippen molar-refractivity contribution in [1.82, 2.24) is 0 Å². The third-order valence-corrected chi connectivity index (χ3v) is 6.91. The van der Waals surface area contributed by atoms with Crippen molar-refractivity contribution >= 4 is 25.3 Å². The molecular formula is C13H21ClO2Si. The number of halogens is 1. The van der Waals surface area contributed by atoms with Gasteiger partial charge < -0.3 is 8.85 Å². The number of alkyl halides is 1. The largest absolute Gasteiger partial charge is 0.394 e. The van der Waals surface area contributed by atoms with Gasteiger partial charge in [0.2, 0.25) is 0 Å². The van der Waals surface area contributed by atoms with Gasteiger partial charge in [0.1, 0.15) is 0 Å². The van der Waals surface area contributed by atoms with E-state index in [0.29, 0.717) is 5.88 Å². The summed E-state index contributed by atoms with van der Waals surface area (Å²) >= 11 is 5.77. The van der Waals surface area contributed by atoms with Crippen LogP contribution < -0.4 is 5.19 Å². The number of aryl methyl sites for hydroxylation is 1. The fraction of sp³-hybridized carbons (Fsp3) is 0.538. The maximum Gasteiger partial charge on any atom is 0.372 e. The Balaban J connectivity index is 2.94. The molecule has 0 N–H and O–H groups in total. The van der Waals surface area contributed by atoms with Gasteiger partial charge in [-0.05, 0) is 29.6 Å². The zero-order chi connectivity index (χ0) is 12.7. The summed E-state index contributed by atoms with van der Waals surface area (Å²) in [6, 6.07) is 9.46. The van der Waals surface area contributed by atoms with Crippen molar-refractivity contribution in [3.05, 3.63) is 29.8 Å². The Hall–Kier alpha value is -0.353. The first-order chi connectivity index (χ1) is 8.22. The molecule has 0 aliphatic rings. The molecule has 2 nitrogen and oxygen atoms in total. The quantitative estimate of drug-likeness (QED) is 0.561. The molecule has 0 aliphatic heterocycles. The minimum absolute atomic E-state index is 0.647. The molecule has 96 valence electrons. The first-order valence-corrected chi connectivity index (χ1v) is 8.54. The van der Waals surface area contributed by atoms with E-state index < -0.39 is 8.56 Å². The first kappa shape index (κ1) is 14.7. The summed E-state index contributed by atoms with van der Waals surface area (Å²) in [5.74, 6) is 0.647. The smallest absolute Gasteiger partial charge is 0.372 e. The predicted octanol–water partition coefficient (Wildman–Crippen LogP) is 2.82. The third-order valence-electron chi connectivity index (χ3n) is 3.10. The Morgan fingerprint density at radius 1 is 1.12 bits per heavy atom. The molecule has 0 heterocycles. The third kappa shape index (κ3) is 3.55. The Kier molecular flexibility index (Phi) is 6.20. The molecule has 0 radical (unpaired) electrons. The Morgan fingerprint density at radius 3 is 2.12 bits per heavy atom. The second-order valence-electron chi connectivity index (χ2n) is 4.00. The van der Waals surface area contributed by atoms with Crippen molar-refractivity contribution in [3.63, 3.8) is 0 Å². The molecule has 0 aliphatic carbocycles. The predicted molar refractivity (Wildman–Crippen MR) is 75.4 cm³/mol. The van der Waals surface area contributed by atoms with Crippen molar-refractivity contribution in [2.24, 2.45) is 0 Å².